The van der Waals surface area contributed by atoms with Gasteiger partial charge >= 0.3 is 0 Å². The van der Waals surface area contributed by atoms with Crippen molar-refractivity contribution in [2.75, 3.05) is 25.5 Å². The van der Waals surface area contributed by atoms with Crippen LogP contribution >= 0.6 is 11.6 Å². The number of anilines is 1. The molecule has 1 aliphatic carbocycles. The Bertz CT molecular complexity index is 982. The third-order valence-electron chi connectivity index (χ3n) is 5.62. The second-order valence-electron chi connectivity index (χ2n) is 8.00. The number of likely N-dealkylation sites (N-methyl/N-ethyl adjacent to an activating group) is 1. The lowest BCUT2D eigenvalue weighted by atomic mass is 10.2. The molecule has 1 aromatic carbocycles. The molecule has 2 heterocycles. The molecule has 1 atom stereocenters. The van der Waals surface area contributed by atoms with E-state index in [2.05, 4.69) is 22.2 Å². The molecule has 1 N–H and O–H groups in total. The first-order chi connectivity index (χ1) is 14.4. The summed E-state index contributed by atoms with van der Waals surface area (Å²) in [7, 11) is 2.08. The van der Waals surface area contributed by atoms with E-state index in [1.807, 2.05) is 29.7 Å². The number of amides is 2. The van der Waals surface area contributed by atoms with Crippen LogP contribution in [0.15, 0.2) is 42.6 Å². The first-order valence-electron chi connectivity index (χ1n) is 10.2. The summed E-state index contributed by atoms with van der Waals surface area (Å²) < 4.78 is 1.90. The lowest BCUT2D eigenvalue weighted by Gasteiger charge is -2.32. The van der Waals surface area contributed by atoms with Crippen molar-refractivity contribution in [2.45, 2.75) is 38.4 Å². The largest absolute Gasteiger partial charge is 0.330 e. The van der Waals surface area contributed by atoms with Crippen LogP contribution in [0.25, 0.3) is 0 Å². The summed E-state index contributed by atoms with van der Waals surface area (Å²) in [5, 5.41) is 3.32. The average Bonchev–Trinajstić information content (AvgIpc) is 3.48. The van der Waals surface area contributed by atoms with E-state index in [1.54, 1.807) is 29.3 Å². The Morgan fingerprint density at radius 2 is 2.10 bits per heavy atom. The van der Waals surface area contributed by atoms with E-state index in [0.29, 0.717) is 41.4 Å². The normalized spacial score (nSPS) is 18.7. The quantitative estimate of drug-likeness (QED) is 0.718. The van der Waals surface area contributed by atoms with Crippen LogP contribution in [0.5, 0.6) is 0 Å². The smallest absolute Gasteiger partial charge is 0.273 e. The van der Waals surface area contributed by atoms with Crippen LogP contribution in [0.4, 0.5) is 5.69 Å². The number of benzene rings is 1. The summed E-state index contributed by atoms with van der Waals surface area (Å²) in [4.78, 5) is 33.9. The summed E-state index contributed by atoms with van der Waals surface area (Å²) in [5.74, 6) is 0.411. The molecule has 1 fully saturated rings. The van der Waals surface area contributed by atoms with Crippen LogP contribution in [0, 0.1) is 0 Å². The van der Waals surface area contributed by atoms with Gasteiger partial charge in [0.25, 0.3) is 5.91 Å². The predicted molar refractivity (Wildman–Crippen MR) is 117 cm³/mol. The lowest BCUT2D eigenvalue weighted by molar-refractivity contribution is -0.128. The molecule has 0 spiro atoms. The van der Waals surface area contributed by atoms with Gasteiger partial charge in [-0.05, 0) is 38.9 Å². The minimum absolute atomic E-state index is 0.0256. The van der Waals surface area contributed by atoms with Crippen LogP contribution < -0.4 is 5.32 Å². The Labute approximate surface area is 181 Å². The van der Waals surface area contributed by atoms with Crippen molar-refractivity contribution in [2.24, 2.45) is 0 Å². The van der Waals surface area contributed by atoms with Gasteiger partial charge in [0.1, 0.15) is 11.5 Å². The van der Waals surface area contributed by atoms with E-state index in [4.69, 9.17) is 11.6 Å². The highest BCUT2D eigenvalue weighted by Crippen LogP contribution is 2.26. The third kappa shape index (κ3) is 4.42. The molecule has 2 aliphatic rings. The number of imidazole rings is 1. The SMILES string of the molecule is C[C@@H]1CN(C(=O)/C=C/CN(C)C2CC2)Cc2ncc(C(=O)Nc3ccccc3Cl)n21. The predicted octanol–water partition coefficient (Wildman–Crippen LogP) is 3.34. The van der Waals surface area contributed by atoms with E-state index in [9.17, 15) is 9.59 Å². The number of para-hydroxylation sites is 1. The summed E-state index contributed by atoms with van der Waals surface area (Å²) in [6.07, 6.45) is 7.63. The number of nitrogens with one attached hydrogen (secondary N) is 1. The fourth-order valence-electron chi connectivity index (χ4n) is 3.82. The Morgan fingerprint density at radius 1 is 1.33 bits per heavy atom. The van der Waals surface area contributed by atoms with E-state index in [0.717, 1.165) is 6.54 Å². The maximum atomic E-state index is 12.8. The fourth-order valence-corrected chi connectivity index (χ4v) is 4.00. The van der Waals surface area contributed by atoms with Gasteiger partial charge in [0.2, 0.25) is 5.91 Å². The first kappa shape index (κ1) is 20.6. The Morgan fingerprint density at radius 3 is 2.83 bits per heavy atom. The monoisotopic (exact) mass is 427 g/mol. The number of carbonyl (C=O) groups excluding carboxylic acids is 2. The molecule has 0 unspecified atom stereocenters. The minimum Gasteiger partial charge on any atom is -0.330 e. The van der Waals surface area contributed by atoms with E-state index in [-0.39, 0.29) is 17.9 Å². The van der Waals surface area contributed by atoms with Gasteiger partial charge < -0.3 is 14.8 Å². The highest BCUT2D eigenvalue weighted by atomic mass is 35.5. The number of hydrogen-bond donors (Lipinski definition) is 1. The molecule has 30 heavy (non-hydrogen) atoms. The van der Waals surface area contributed by atoms with Crippen molar-refractivity contribution in [3.8, 4) is 0 Å². The van der Waals surface area contributed by atoms with Gasteiger partial charge in [0, 0.05) is 25.2 Å². The molecule has 0 radical (unpaired) electrons. The zero-order valence-electron chi connectivity index (χ0n) is 17.2. The van der Waals surface area contributed by atoms with Crippen molar-refractivity contribution in [1.82, 2.24) is 19.4 Å². The van der Waals surface area contributed by atoms with Gasteiger partial charge in [-0.25, -0.2) is 4.98 Å². The lowest BCUT2D eigenvalue weighted by Crippen LogP contribution is -2.40. The molecule has 1 aromatic heterocycles. The van der Waals surface area contributed by atoms with E-state index < -0.39 is 0 Å². The van der Waals surface area contributed by atoms with E-state index in [1.165, 1.54) is 12.8 Å². The summed E-state index contributed by atoms with van der Waals surface area (Å²) in [5.41, 5.74) is 1.02. The molecule has 0 bridgehead atoms. The molecule has 4 rings (SSSR count). The topological polar surface area (TPSA) is 70.5 Å². The van der Waals surface area contributed by atoms with Gasteiger partial charge in [0.05, 0.1) is 29.5 Å². The number of aromatic nitrogens is 2. The number of halogens is 1. The van der Waals surface area contributed by atoms with Crippen LogP contribution in [0.2, 0.25) is 5.02 Å². The van der Waals surface area contributed by atoms with Crippen LogP contribution in [-0.2, 0) is 11.3 Å². The van der Waals surface area contributed by atoms with Crippen molar-refractivity contribution in [1.29, 1.82) is 0 Å². The Balaban J connectivity index is 1.42. The van der Waals surface area contributed by atoms with Gasteiger partial charge in [-0.1, -0.05) is 29.8 Å². The van der Waals surface area contributed by atoms with Gasteiger partial charge in [-0.2, -0.15) is 0 Å². The van der Waals surface area contributed by atoms with Gasteiger partial charge in [0.15, 0.2) is 0 Å². The molecule has 1 aliphatic heterocycles. The molecule has 7 nitrogen and oxygen atoms in total. The molecule has 8 heteroatoms. The number of nitrogens with zero attached hydrogens (tertiary/aromatic N) is 4. The fraction of sp³-hybridized carbons (Fsp3) is 0.409. The summed E-state index contributed by atoms with van der Waals surface area (Å²) in [6, 6.07) is 7.72. The molecular weight excluding hydrogens is 402 g/mol. The first-order valence-corrected chi connectivity index (χ1v) is 10.6. The molecule has 2 amide bonds. The Kier molecular flexibility index (Phi) is 5.92. The minimum atomic E-state index is -0.267. The highest BCUT2D eigenvalue weighted by Gasteiger charge is 2.29. The standard InChI is InChI=1S/C22H26ClN5O2/c1-15-13-27(21(29)8-5-11-26(2)16-9-10-16)14-20-24-12-19(28(15)20)22(30)25-18-7-4-3-6-17(18)23/h3-8,12,15-16H,9-11,13-14H2,1-2H3,(H,25,30)/b8-5+/t15-/m1/s1. The number of hydrogen-bond acceptors (Lipinski definition) is 4. The van der Waals surface area contributed by atoms with Crippen LogP contribution in [0.3, 0.4) is 0 Å². The number of carbonyl (C=O) groups is 2. The van der Waals surface area contributed by atoms with Crippen LogP contribution in [-0.4, -0.2) is 57.3 Å². The van der Waals surface area contributed by atoms with Crippen LogP contribution in [0.1, 0.15) is 42.1 Å². The van der Waals surface area contributed by atoms with E-state index >= 15 is 0 Å². The zero-order valence-corrected chi connectivity index (χ0v) is 18.0. The second-order valence-corrected chi connectivity index (χ2v) is 8.41. The summed E-state index contributed by atoms with van der Waals surface area (Å²) in [6.45, 7) is 3.67. The highest BCUT2D eigenvalue weighted by molar-refractivity contribution is 6.33. The molecule has 2 aromatic rings. The second kappa shape index (κ2) is 8.62. The van der Waals surface area contributed by atoms with Crippen molar-refractivity contribution < 1.29 is 9.59 Å². The summed E-state index contributed by atoms with van der Waals surface area (Å²) >= 11 is 6.15. The van der Waals surface area contributed by atoms with Crippen molar-refractivity contribution in [3.05, 3.63) is 59.2 Å². The number of rotatable bonds is 6. The van der Waals surface area contributed by atoms with Crippen molar-refractivity contribution >= 4 is 29.1 Å². The maximum Gasteiger partial charge on any atom is 0.273 e. The molecule has 1 saturated carbocycles. The number of fused-ring (bicyclic) bond motifs is 1. The molecule has 158 valence electrons. The average molecular weight is 428 g/mol. The molecular formula is C22H26ClN5O2. The molecule has 0 saturated heterocycles. The van der Waals surface area contributed by atoms with Gasteiger partial charge in [-0.3, -0.25) is 14.5 Å². The Hall–Kier alpha value is -2.64. The maximum absolute atomic E-state index is 12.8. The van der Waals surface area contributed by atoms with Crippen molar-refractivity contribution in [3.63, 3.8) is 0 Å². The third-order valence-corrected chi connectivity index (χ3v) is 5.95. The van der Waals surface area contributed by atoms with Gasteiger partial charge in [-0.15, -0.1) is 0 Å². The zero-order chi connectivity index (χ0) is 21.3.